The third-order valence-electron chi connectivity index (χ3n) is 4.41. The van der Waals surface area contributed by atoms with E-state index >= 15 is 0 Å². The maximum absolute atomic E-state index is 5.35. The molecule has 2 rings (SSSR count). The van der Waals surface area contributed by atoms with Gasteiger partial charge in [0.15, 0.2) is 5.96 Å². The molecule has 27 heavy (non-hydrogen) atoms. The lowest BCUT2D eigenvalue weighted by atomic mass is 10.1. The minimum Gasteiger partial charge on any atom is -0.497 e. The molecular formula is C21H30N4O2. The Hall–Kier alpha value is -2.73. The van der Waals surface area contributed by atoms with Crippen molar-refractivity contribution in [1.82, 2.24) is 15.5 Å². The lowest BCUT2D eigenvalue weighted by molar-refractivity contribution is 0.297. The van der Waals surface area contributed by atoms with Gasteiger partial charge in [0.25, 0.3) is 0 Å². The number of benzene rings is 2. The first-order valence-electron chi connectivity index (χ1n) is 8.95. The number of guanidine groups is 1. The molecule has 0 aliphatic carbocycles. The highest BCUT2D eigenvalue weighted by molar-refractivity contribution is 5.79. The van der Waals surface area contributed by atoms with E-state index in [1.807, 2.05) is 36.4 Å². The number of rotatable bonds is 8. The second-order valence-corrected chi connectivity index (χ2v) is 6.41. The quantitative estimate of drug-likeness (QED) is 0.553. The molecule has 0 amide bonds. The third-order valence-corrected chi connectivity index (χ3v) is 4.41. The van der Waals surface area contributed by atoms with E-state index in [4.69, 9.17) is 9.47 Å². The highest BCUT2D eigenvalue weighted by Gasteiger charge is 2.15. The van der Waals surface area contributed by atoms with E-state index in [2.05, 4.69) is 46.8 Å². The minimum atomic E-state index is 0.194. The fourth-order valence-corrected chi connectivity index (χ4v) is 2.79. The Balaban J connectivity index is 1.95. The largest absolute Gasteiger partial charge is 0.497 e. The average Bonchev–Trinajstić information content (AvgIpc) is 2.70. The van der Waals surface area contributed by atoms with Crippen molar-refractivity contribution in [3.63, 3.8) is 0 Å². The molecule has 1 atom stereocenters. The van der Waals surface area contributed by atoms with Crippen LogP contribution >= 0.6 is 0 Å². The Bertz CT molecular complexity index is 729. The van der Waals surface area contributed by atoms with Gasteiger partial charge in [0, 0.05) is 20.1 Å². The Kier molecular flexibility index (Phi) is 7.95. The fraction of sp³-hybridized carbons (Fsp3) is 0.381. The lowest BCUT2D eigenvalue weighted by Gasteiger charge is -2.26. The SMILES string of the molecule is CN=C(NCc1ccc(OC)cc1)NCC(c1cccc(OC)c1)N(C)C. The fourth-order valence-electron chi connectivity index (χ4n) is 2.79. The predicted octanol–water partition coefficient (Wildman–Crippen LogP) is 2.67. The van der Waals surface area contributed by atoms with E-state index in [1.165, 1.54) is 5.56 Å². The smallest absolute Gasteiger partial charge is 0.191 e. The molecule has 0 heterocycles. The summed E-state index contributed by atoms with van der Waals surface area (Å²) in [6.45, 7) is 1.41. The second kappa shape index (κ2) is 10.4. The molecule has 0 radical (unpaired) electrons. The molecular weight excluding hydrogens is 340 g/mol. The van der Waals surface area contributed by atoms with Crippen molar-refractivity contribution in [3.05, 3.63) is 59.7 Å². The molecule has 0 aromatic heterocycles. The van der Waals surface area contributed by atoms with Crippen LogP contribution in [0.5, 0.6) is 11.5 Å². The van der Waals surface area contributed by atoms with Gasteiger partial charge in [-0.25, -0.2) is 0 Å². The minimum absolute atomic E-state index is 0.194. The number of nitrogens with one attached hydrogen (secondary N) is 2. The molecule has 6 nitrogen and oxygen atoms in total. The zero-order valence-electron chi connectivity index (χ0n) is 16.8. The van der Waals surface area contributed by atoms with Crippen LogP contribution in [0.25, 0.3) is 0 Å². The van der Waals surface area contributed by atoms with E-state index in [-0.39, 0.29) is 6.04 Å². The first-order chi connectivity index (χ1) is 13.1. The molecule has 0 saturated carbocycles. The van der Waals surface area contributed by atoms with Gasteiger partial charge < -0.3 is 25.0 Å². The molecule has 0 bridgehead atoms. The van der Waals surface area contributed by atoms with Crippen LogP contribution in [0.3, 0.4) is 0 Å². The summed E-state index contributed by atoms with van der Waals surface area (Å²) in [6.07, 6.45) is 0. The molecule has 0 aliphatic heterocycles. The molecule has 0 spiro atoms. The van der Waals surface area contributed by atoms with Crippen molar-refractivity contribution in [1.29, 1.82) is 0 Å². The van der Waals surface area contributed by atoms with E-state index < -0.39 is 0 Å². The highest BCUT2D eigenvalue weighted by Crippen LogP contribution is 2.22. The number of methoxy groups -OCH3 is 2. The Morgan fingerprint density at radius 2 is 1.70 bits per heavy atom. The highest BCUT2D eigenvalue weighted by atomic mass is 16.5. The van der Waals surface area contributed by atoms with Gasteiger partial charge in [0.1, 0.15) is 11.5 Å². The van der Waals surface area contributed by atoms with Crippen molar-refractivity contribution < 1.29 is 9.47 Å². The van der Waals surface area contributed by atoms with Gasteiger partial charge in [-0.1, -0.05) is 24.3 Å². The molecule has 0 saturated heterocycles. The van der Waals surface area contributed by atoms with Crippen molar-refractivity contribution in [2.45, 2.75) is 12.6 Å². The van der Waals surface area contributed by atoms with Crippen LogP contribution in [0, 0.1) is 0 Å². The number of nitrogens with zero attached hydrogens (tertiary/aromatic N) is 2. The monoisotopic (exact) mass is 370 g/mol. The van der Waals surface area contributed by atoms with Crippen molar-refractivity contribution in [2.24, 2.45) is 4.99 Å². The standard InChI is InChI=1S/C21H30N4O2/c1-22-21(23-14-16-9-11-18(26-4)12-10-16)24-15-20(25(2)3)17-7-6-8-19(13-17)27-5/h6-13,20H,14-15H2,1-5H3,(H2,22,23,24). The van der Waals surface area contributed by atoms with Crippen LogP contribution in [0.15, 0.2) is 53.5 Å². The molecule has 146 valence electrons. The summed E-state index contributed by atoms with van der Waals surface area (Å²) >= 11 is 0. The van der Waals surface area contributed by atoms with Gasteiger partial charge in [-0.05, 0) is 49.5 Å². The van der Waals surface area contributed by atoms with Crippen LogP contribution in [0.4, 0.5) is 0 Å². The number of aliphatic imine (C=N–C) groups is 1. The topological polar surface area (TPSA) is 58.1 Å². The predicted molar refractivity (Wildman–Crippen MR) is 111 cm³/mol. The molecule has 1 unspecified atom stereocenters. The maximum atomic E-state index is 5.35. The Morgan fingerprint density at radius 3 is 2.30 bits per heavy atom. The lowest BCUT2D eigenvalue weighted by Crippen LogP contribution is -2.41. The van der Waals surface area contributed by atoms with Crippen molar-refractivity contribution >= 4 is 5.96 Å². The van der Waals surface area contributed by atoms with Gasteiger partial charge in [0.05, 0.1) is 20.3 Å². The van der Waals surface area contributed by atoms with Gasteiger partial charge in [-0.2, -0.15) is 0 Å². The van der Waals surface area contributed by atoms with E-state index in [0.29, 0.717) is 6.54 Å². The molecule has 0 fully saturated rings. The molecule has 2 aromatic rings. The summed E-state index contributed by atoms with van der Waals surface area (Å²) < 4.78 is 10.5. The number of likely N-dealkylation sites (N-methyl/N-ethyl adjacent to an activating group) is 1. The van der Waals surface area contributed by atoms with E-state index in [0.717, 1.165) is 29.6 Å². The van der Waals surface area contributed by atoms with E-state index in [1.54, 1.807) is 21.3 Å². The number of hydrogen-bond acceptors (Lipinski definition) is 4. The summed E-state index contributed by atoms with van der Waals surface area (Å²) in [6, 6.07) is 16.3. The van der Waals surface area contributed by atoms with Gasteiger partial charge in [0.2, 0.25) is 0 Å². The second-order valence-electron chi connectivity index (χ2n) is 6.41. The number of hydrogen-bond donors (Lipinski definition) is 2. The maximum Gasteiger partial charge on any atom is 0.191 e. The first kappa shape index (κ1) is 20.6. The van der Waals surface area contributed by atoms with Gasteiger partial charge >= 0.3 is 0 Å². The Morgan fingerprint density at radius 1 is 1.00 bits per heavy atom. The van der Waals surface area contributed by atoms with Crippen LogP contribution in [-0.4, -0.2) is 52.8 Å². The van der Waals surface area contributed by atoms with Crippen LogP contribution in [0.2, 0.25) is 0 Å². The zero-order valence-corrected chi connectivity index (χ0v) is 16.8. The normalized spacial score (nSPS) is 12.6. The average molecular weight is 370 g/mol. The van der Waals surface area contributed by atoms with Crippen molar-refractivity contribution in [2.75, 3.05) is 41.9 Å². The van der Waals surface area contributed by atoms with Crippen LogP contribution in [-0.2, 0) is 6.54 Å². The Labute approximate surface area is 162 Å². The van der Waals surface area contributed by atoms with Crippen LogP contribution < -0.4 is 20.1 Å². The first-order valence-corrected chi connectivity index (χ1v) is 8.95. The summed E-state index contributed by atoms with van der Waals surface area (Å²) in [5, 5.41) is 6.76. The van der Waals surface area contributed by atoms with E-state index in [9.17, 15) is 0 Å². The molecule has 2 aromatic carbocycles. The number of ether oxygens (including phenoxy) is 2. The molecule has 2 N–H and O–H groups in total. The summed E-state index contributed by atoms with van der Waals surface area (Å²) in [7, 11) is 9.27. The van der Waals surface area contributed by atoms with Gasteiger partial charge in [-0.3, -0.25) is 4.99 Å². The van der Waals surface area contributed by atoms with Crippen molar-refractivity contribution in [3.8, 4) is 11.5 Å². The molecule has 6 heteroatoms. The molecule has 0 aliphatic rings. The zero-order chi connectivity index (χ0) is 19.6. The van der Waals surface area contributed by atoms with Gasteiger partial charge in [-0.15, -0.1) is 0 Å². The third kappa shape index (κ3) is 6.18. The summed E-state index contributed by atoms with van der Waals surface area (Å²) in [5.74, 6) is 2.48. The van der Waals surface area contributed by atoms with Crippen LogP contribution in [0.1, 0.15) is 17.2 Å². The summed E-state index contributed by atoms with van der Waals surface area (Å²) in [5.41, 5.74) is 2.35. The summed E-state index contributed by atoms with van der Waals surface area (Å²) in [4.78, 5) is 6.50.